The average Bonchev–Trinajstić information content (AvgIpc) is 1.59. The number of benzene rings is 17. The van der Waals surface area contributed by atoms with E-state index in [1.807, 2.05) is 84.9 Å². The number of aromatic nitrogens is 13. The third-order valence-electron chi connectivity index (χ3n) is 25.4. The van der Waals surface area contributed by atoms with Crippen LogP contribution in [0, 0.1) is 0 Å². The first kappa shape index (κ1) is 75.6. The number of nitrogens with zero attached hydrogens (tertiary/aromatic N) is 13. The fourth-order valence-corrected chi connectivity index (χ4v) is 19.4. The molecule has 0 spiro atoms. The highest BCUT2D eigenvalue weighted by Gasteiger charge is 2.24. The van der Waals surface area contributed by atoms with Gasteiger partial charge in [-0.25, -0.2) is 29.9 Å². The van der Waals surface area contributed by atoms with Gasteiger partial charge >= 0.3 is 0 Å². The maximum absolute atomic E-state index is 5.11. The van der Waals surface area contributed by atoms with Crippen molar-refractivity contribution in [3.8, 4) is 130 Å². The van der Waals surface area contributed by atoms with Crippen LogP contribution in [0.4, 0.5) is 0 Å². The number of para-hydroxylation sites is 7. The first-order valence-electron chi connectivity index (χ1n) is 44.0. The summed E-state index contributed by atoms with van der Waals surface area (Å²) in [6.45, 7) is 0. The van der Waals surface area contributed by atoms with Gasteiger partial charge in [0.05, 0.1) is 55.2 Å². The normalized spacial score (nSPS) is 11.7. The summed E-state index contributed by atoms with van der Waals surface area (Å²) in [6, 6.07) is 153. The molecule has 0 fully saturated rings. The summed E-state index contributed by atoms with van der Waals surface area (Å²) in [5.41, 5.74) is 29.5. The summed E-state index contributed by atoms with van der Waals surface area (Å²) >= 11 is 0. The highest BCUT2D eigenvalue weighted by molar-refractivity contribution is 6.17. The zero-order valence-electron chi connectivity index (χ0n) is 70.6. The van der Waals surface area contributed by atoms with Crippen molar-refractivity contribution in [1.82, 2.24) is 62.7 Å². The van der Waals surface area contributed by atoms with Gasteiger partial charge in [0.15, 0.2) is 34.9 Å². The average molecular weight is 1670 g/mol. The van der Waals surface area contributed by atoms with Crippen LogP contribution < -0.4 is 0 Å². The molecule has 17 aromatic carbocycles. The van der Waals surface area contributed by atoms with Gasteiger partial charge in [0.25, 0.3) is 0 Å². The molecule has 0 radical (unpaired) electrons. The number of hydrogen-bond acceptors (Lipinski definition) is 8. The van der Waals surface area contributed by atoms with Gasteiger partial charge in [-0.3, -0.25) is 9.97 Å². The maximum atomic E-state index is 5.11. The van der Waals surface area contributed by atoms with Crippen molar-refractivity contribution >= 4 is 109 Å². The van der Waals surface area contributed by atoms with Crippen molar-refractivity contribution in [3.05, 3.63) is 455 Å². The van der Waals surface area contributed by atoms with Crippen LogP contribution in [0.1, 0.15) is 0 Å². The second kappa shape index (κ2) is 31.6. The Morgan fingerprint density at radius 1 is 0.122 bits per heavy atom. The predicted octanol–water partition coefficient (Wildman–Crippen LogP) is 29.0. The molecule has 0 N–H and O–H groups in total. The van der Waals surface area contributed by atoms with E-state index < -0.39 is 0 Å². The number of pyridine rings is 2. The first-order chi connectivity index (χ1) is 64.9. The van der Waals surface area contributed by atoms with E-state index in [0.29, 0.717) is 34.9 Å². The summed E-state index contributed by atoms with van der Waals surface area (Å²) in [5.74, 6) is 3.64. The van der Waals surface area contributed by atoms with E-state index in [9.17, 15) is 0 Å². The molecule has 0 bridgehead atoms. The van der Waals surface area contributed by atoms with Crippen molar-refractivity contribution in [3.63, 3.8) is 0 Å². The van der Waals surface area contributed by atoms with Crippen LogP contribution in [0.15, 0.2) is 455 Å². The topological polar surface area (TPSA) is 128 Å². The zero-order valence-corrected chi connectivity index (χ0v) is 70.6. The lowest BCUT2D eigenvalue weighted by atomic mass is 9.98. The molecular formula is C118H75N13. The SMILES string of the molecule is c1ccc(-c2nc(-c3ccncc3)nc(-c3cccc(-n4c5ccc(-c6ccc7c(c6)c6ccccc6n7-c6ccccc6)cc5c5cc(-c6ccc7c(c6)c6ccccc6n7-c6ccccc6)ccc54)c3)n2)cc1.c1ccc(-c2nc(-c3ccncc3)nc(-c3cccc(-n4c5ccccc5c5cc(-c6ccc7c(c6)c6ccccc6n7-c6ccccc6)ccc54)c3)n2)cc1. The molecular weight excluding hydrogens is 1600 g/mol. The van der Waals surface area contributed by atoms with Gasteiger partial charge in [-0.1, -0.05) is 249 Å². The van der Waals surface area contributed by atoms with E-state index in [2.05, 4.69) is 379 Å². The van der Waals surface area contributed by atoms with E-state index in [4.69, 9.17) is 29.9 Å². The molecule has 131 heavy (non-hydrogen) atoms. The second-order valence-corrected chi connectivity index (χ2v) is 33.1. The van der Waals surface area contributed by atoms with Gasteiger partial charge in [-0.2, -0.15) is 0 Å². The van der Waals surface area contributed by atoms with E-state index >= 15 is 0 Å². The van der Waals surface area contributed by atoms with E-state index in [1.54, 1.807) is 24.8 Å². The Bertz CT molecular complexity index is 8620. The van der Waals surface area contributed by atoms with Crippen molar-refractivity contribution in [1.29, 1.82) is 0 Å². The Hall–Kier alpha value is -17.9. The Balaban J connectivity index is 0.000000147. The van der Waals surface area contributed by atoms with Gasteiger partial charge < -0.3 is 22.8 Å². The molecule has 26 rings (SSSR count). The Kier molecular flexibility index (Phi) is 18.2. The molecule has 0 aliphatic carbocycles. The molecule has 0 atom stereocenters. The minimum absolute atomic E-state index is 0.592. The molecule has 0 amide bonds. The van der Waals surface area contributed by atoms with Crippen LogP contribution in [-0.4, -0.2) is 62.7 Å². The number of rotatable bonds is 14. The van der Waals surface area contributed by atoms with Crippen LogP contribution in [-0.2, 0) is 0 Å². The number of fused-ring (bicyclic) bond motifs is 15. The van der Waals surface area contributed by atoms with Gasteiger partial charge in [-0.05, 0) is 215 Å². The van der Waals surface area contributed by atoms with Crippen LogP contribution in [0.3, 0.4) is 0 Å². The van der Waals surface area contributed by atoms with Crippen LogP contribution in [0.2, 0.25) is 0 Å². The maximum Gasteiger partial charge on any atom is 0.164 e. The predicted molar refractivity (Wildman–Crippen MR) is 536 cm³/mol. The van der Waals surface area contributed by atoms with Gasteiger partial charge in [0.2, 0.25) is 0 Å². The molecule has 0 aliphatic heterocycles. The molecule has 9 aromatic heterocycles. The second-order valence-electron chi connectivity index (χ2n) is 33.1. The lowest BCUT2D eigenvalue weighted by molar-refractivity contribution is 1.07. The number of hydrogen-bond donors (Lipinski definition) is 0. The van der Waals surface area contributed by atoms with Crippen LogP contribution >= 0.6 is 0 Å². The first-order valence-corrected chi connectivity index (χ1v) is 44.0. The minimum atomic E-state index is 0.592. The third kappa shape index (κ3) is 13.3. The quantitative estimate of drug-likeness (QED) is 0.105. The lowest BCUT2D eigenvalue weighted by Crippen LogP contribution is -2.01. The summed E-state index contributed by atoms with van der Waals surface area (Å²) in [6.07, 6.45) is 7.06. The molecule has 0 unspecified atom stereocenters. The summed E-state index contributed by atoms with van der Waals surface area (Å²) in [7, 11) is 0. The molecule has 13 heteroatoms. The highest BCUT2D eigenvalue weighted by atomic mass is 15.1. The Morgan fingerprint density at radius 3 is 0.580 bits per heavy atom. The molecule has 0 saturated heterocycles. The van der Waals surface area contributed by atoms with Crippen molar-refractivity contribution in [2.45, 2.75) is 0 Å². The minimum Gasteiger partial charge on any atom is -0.309 e. The van der Waals surface area contributed by atoms with E-state index in [0.717, 1.165) is 117 Å². The van der Waals surface area contributed by atoms with Crippen molar-refractivity contribution in [2.24, 2.45) is 0 Å². The zero-order chi connectivity index (χ0) is 86.4. The van der Waals surface area contributed by atoms with E-state index in [-0.39, 0.29) is 0 Å². The summed E-state index contributed by atoms with van der Waals surface area (Å²) in [4.78, 5) is 38.5. The van der Waals surface area contributed by atoms with Crippen molar-refractivity contribution < 1.29 is 0 Å². The van der Waals surface area contributed by atoms with Crippen molar-refractivity contribution in [2.75, 3.05) is 0 Å². The lowest BCUT2D eigenvalue weighted by Gasteiger charge is -2.12. The summed E-state index contributed by atoms with van der Waals surface area (Å²) < 4.78 is 11.8. The molecule has 0 saturated carbocycles. The molecule has 26 aromatic rings. The summed E-state index contributed by atoms with van der Waals surface area (Å²) in [5, 5.41) is 12.1. The smallest absolute Gasteiger partial charge is 0.164 e. The molecule has 0 aliphatic rings. The standard InChI is InChI=1S/C68H43N7.C50H32N6/c1-4-15-44(16-5-1)66-70-67(45-35-37-69-38-36-45)72-68(71-66)50-17-14-22-53(39-50)75-64-33-29-48(46-27-31-62-56(40-46)54-23-10-12-25-60(54)73(62)51-18-6-2-7-19-51)42-58(64)59-43-49(30-34-65(59)75)47-28-32-63-57(41-47)55-24-11-13-26-61(55)74(63)52-20-8-3-9-21-52;1-3-12-33(13-4-1)48-52-49(34-26-28-51-29-27-34)54-50(53-48)37-14-11-17-39(30-37)56-45-21-10-8-19-41(45)43-32-36(23-25-47(43)56)35-22-24-46-42(31-35)40-18-7-9-20-44(40)55(46)38-15-5-2-6-16-38/h1-43H;1-32H. The van der Waals surface area contributed by atoms with Gasteiger partial charge in [0.1, 0.15) is 0 Å². The van der Waals surface area contributed by atoms with Crippen LogP contribution in [0.25, 0.3) is 239 Å². The fraction of sp³-hybridized carbons (Fsp3) is 0. The van der Waals surface area contributed by atoms with Crippen LogP contribution in [0.5, 0.6) is 0 Å². The third-order valence-corrected chi connectivity index (χ3v) is 25.4. The highest BCUT2D eigenvalue weighted by Crippen LogP contribution is 2.45. The fourth-order valence-electron chi connectivity index (χ4n) is 19.4. The van der Waals surface area contributed by atoms with Gasteiger partial charge in [0, 0.05) is 140 Å². The molecule has 612 valence electrons. The van der Waals surface area contributed by atoms with Gasteiger partial charge in [-0.15, -0.1) is 0 Å². The Morgan fingerprint density at radius 2 is 0.313 bits per heavy atom. The van der Waals surface area contributed by atoms with E-state index in [1.165, 1.54) is 87.3 Å². The molecule has 13 nitrogen and oxygen atoms in total. The monoisotopic (exact) mass is 1670 g/mol. The largest absolute Gasteiger partial charge is 0.309 e. The Labute approximate surface area is 752 Å². The molecule has 9 heterocycles.